The number of hydrogen-bond donors (Lipinski definition) is 2. The van der Waals surface area contributed by atoms with Gasteiger partial charge in [0.2, 0.25) is 0 Å². The van der Waals surface area contributed by atoms with Crippen LogP contribution in [0.1, 0.15) is 112 Å². The monoisotopic (exact) mass is 402 g/mol. The van der Waals surface area contributed by atoms with Gasteiger partial charge in [-0.3, -0.25) is 9.35 Å². The minimum atomic E-state index is -4.58. The van der Waals surface area contributed by atoms with Crippen molar-refractivity contribution in [3.63, 3.8) is 0 Å². The van der Waals surface area contributed by atoms with Crippen LogP contribution in [0, 0.1) is 0 Å². The number of unbranched alkanes of at least 4 members (excludes halogenated alkanes) is 13. The summed E-state index contributed by atoms with van der Waals surface area (Å²) in [7, 11) is -4.58. The number of carboxylic acid groups (broad SMARTS) is 1. The largest absolute Gasteiger partial charge is 1.00 e. The minimum absolute atomic E-state index is 0. The predicted octanol–water partition coefficient (Wildman–Crippen LogP) is 2.71. The molecule has 0 aromatic rings. The molecule has 0 saturated carbocycles. The van der Waals surface area contributed by atoms with Gasteiger partial charge in [-0.2, -0.15) is 8.42 Å². The number of carbonyl (C=O) groups is 1. The molecule has 5 nitrogen and oxygen atoms in total. The zero-order chi connectivity index (χ0) is 19.2. The average molecular weight is 403 g/mol. The van der Waals surface area contributed by atoms with E-state index in [9.17, 15) is 13.2 Å². The first-order chi connectivity index (χ1) is 11.8. The summed E-state index contributed by atoms with van der Waals surface area (Å²) in [5.74, 6) is -1.48. The minimum Gasteiger partial charge on any atom is -1.00 e. The molecule has 0 fully saturated rings. The van der Waals surface area contributed by atoms with E-state index in [2.05, 4.69) is 6.92 Å². The van der Waals surface area contributed by atoms with Gasteiger partial charge in [0.25, 0.3) is 10.1 Å². The zero-order valence-corrected chi connectivity index (χ0v) is 20.0. The molecule has 0 aliphatic carbocycles. The molecule has 0 aromatic carbocycles. The zero-order valence-electron chi connectivity index (χ0n) is 18.1. The first-order valence-corrected chi connectivity index (χ1v) is 11.4. The Morgan fingerprint density at radius 3 is 1.38 bits per heavy atom. The summed E-state index contributed by atoms with van der Waals surface area (Å²) in [6, 6.07) is 0. The molecule has 0 spiro atoms. The Balaban J connectivity index is -0.00000288. The first-order valence-electron chi connectivity index (χ1n) is 9.96. The number of carboxylic acids is 1. The van der Waals surface area contributed by atoms with Crippen molar-refractivity contribution in [1.29, 1.82) is 0 Å². The Hall–Kier alpha value is 0.380. The maximum Gasteiger partial charge on any atom is 1.00 e. The van der Waals surface area contributed by atoms with Crippen molar-refractivity contribution < 1.29 is 53.9 Å². The molecule has 0 aliphatic rings. The van der Waals surface area contributed by atoms with Gasteiger partial charge in [0, 0.05) is 0 Å². The van der Waals surface area contributed by atoms with Crippen molar-refractivity contribution in [1.82, 2.24) is 0 Å². The quantitative estimate of drug-likeness (QED) is 0.222. The molecule has 0 amide bonds. The smallest absolute Gasteiger partial charge is 1.00 e. The van der Waals surface area contributed by atoms with Crippen molar-refractivity contribution in [2.45, 2.75) is 115 Å². The van der Waals surface area contributed by atoms with Crippen LogP contribution in [-0.2, 0) is 14.9 Å². The molecule has 0 saturated heterocycles. The third-order valence-electron chi connectivity index (χ3n) is 5.03. The van der Waals surface area contributed by atoms with Gasteiger partial charge in [-0.25, -0.2) is 0 Å². The number of aliphatic carboxylic acids is 1. The van der Waals surface area contributed by atoms with Crippen LogP contribution in [0.5, 0.6) is 0 Å². The van der Waals surface area contributed by atoms with Crippen molar-refractivity contribution in [3.05, 3.63) is 0 Å². The van der Waals surface area contributed by atoms with Gasteiger partial charge < -0.3 is 6.53 Å². The molecule has 152 valence electrons. The topological polar surface area (TPSA) is 91.7 Å². The Bertz CT molecular complexity index is 459. The molecule has 1 atom stereocenters. The molecule has 7 heteroatoms. The fourth-order valence-electron chi connectivity index (χ4n) is 3.00. The first kappa shape index (κ1) is 28.6. The van der Waals surface area contributed by atoms with Crippen LogP contribution >= 0.6 is 0 Å². The van der Waals surface area contributed by atoms with E-state index in [1.54, 1.807) is 0 Å². The summed E-state index contributed by atoms with van der Waals surface area (Å²) in [6.45, 7) is 3.31. The fraction of sp³-hybridized carbons (Fsp3) is 0.947. The van der Waals surface area contributed by atoms with Crippen LogP contribution in [0.25, 0.3) is 0 Å². The standard InChI is InChI=1S/C19H38O5S.Na.H/c1-3-4-5-6-7-8-9-10-11-12-13-14-15-16-17-19(2,18(20)21)25(22,23)24;;/h3-17H2,1-2H3,(H,20,21)(H,22,23,24);;/q;+1;-1. The van der Waals surface area contributed by atoms with Crippen molar-refractivity contribution >= 4 is 16.1 Å². The molecule has 0 aliphatic heterocycles. The van der Waals surface area contributed by atoms with Gasteiger partial charge >= 0.3 is 35.5 Å². The van der Waals surface area contributed by atoms with Crippen molar-refractivity contribution in [3.8, 4) is 0 Å². The summed E-state index contributed by atoms with van der Waals surface area (Å²) in [5, 5.41) is 9.03. The van der Waals surface area contributed by atoms with E-state index in [0.717, 1.165) is 26.2 Å². The molecule has 2 N–H and O–H groups in total. The molecule has 0 rings (SSSR count). The summed E-state index contributed by atoms with van der Waals surface area (Å²) in [5.41, 5.74) is 0. The van der Waals surface area contributed by atoms with E-state index in [4.69, 9.17) is 9.66 Å². The summed E-state index contributed by atoms with van der Waals surface area (Å²) in [6.07, 6.45) is 16.5. The van der Waals surface area contributed by atoms with E-state index < -0.39 is 20.8 Å². The van der Waals surface area contributed by atoms with E-state index in [1.807, 2.05) is 0 Å². The van der Waals surface area contributed by atoms with E-state index in [-0.39, 0.29) is 37.4 Å². The number of hydrogen-bond acceptors (Lipinski definition) is 3. The molecule has 26 heavy (non-hydrogen) atoms. The molecule has 0 aromatic heterocycles. The van der Waals surface area contributed by atoms with Gasteiger partial charge in [0.05, 0.1) is 0 Å². The molecule has 0 bridgehead atoms. The maximum atomic E-state index is 11.2. The van der Waals surface area contributed by atoms with Gasteiger partial charge in [0.1, 0.15) is 0 Å². The van der Waals surface area contributed by atoms with Gasteiger partial charge in [0.15, 0.2) is 4.75 Å². The molecule has 0 heterocycles. The van der Waals surface area contributed by atoms with E-state index in [0.29, 0.717) is 6.42 Å². The average Bonchev–Trinajstić information content (AvgIpc) is 2.53. The van der Waals surface area contributed by atoms with Crippen LogP contribution in [0.2, 0.25) is 0 Å². The van der Waals surface area contributed by atoms with Crippen LogP contribution in [0.4, 0.5) is 0 Å². The van der Waals surface area contributed by atoms with Gasteiger partial charge in [-0.1, -0.05) is 96.8 Å². The molecule has 0 radical (unpaired) electrons. The van der Waals surface area contributed by atoms with Gasteiger partial charge in [-0.15, -0.1) is 0 Å². The second-order valence-electron chi connectivity index (χ2n) is 7.36. The van der Waals surface area contributed by atoms with Crippen LogP contribution in [-0.4, -0.2) is 28.8 Å². The summed E-state index contributed by atoms with van der Waals surface area (Å²) >= 11 is 0. The van der Waals surface area contributed by atoms with Crippen LogP contribution < -0.4 is 29.6 Å². The molecule has 1 unspecified atom stereocenters. The molecular formula is C19H39NaO5S. The predicted molar refractivity (Wildman–Crippen MR) is 104 cm³/mol. The Morgan fingerprint density at radius 2 is 1.12 bits per heavy atom. The van der Waals surface area contributed by atoms with Gasteiger partial charge in [-0.05, 0) is 13.3 Å². The molecular weight excluding hydrogens is 363 g/mol. The van der Waals surface area contributed by atoms with Crippen molar-refractivity contribution in [2.75, 3.05) is 0 Å². The van der Waals surface area contributed by atoms with Crippen molar-refractivity contribution in [2.24, 2.45) is 0 Å². The summed E-state index contributed by atoms with van der Waals surface area (Å²) in [4.78, 5) is 11.1. The second kappa shape index (κ2) is 16.3. The maximum absolute atomic E-state index is 11.2. The Kier molecular flexibility index (Phi) is 18.0. The fourth-order valence-corrected chi connectivity index (χ4v) is 3.63. The summed E-state index contributed by atoms with van der Waals surface area (Å²) < 4.78 is 29.5. The second-order valence-corrected chi connectivity index (χ2v) is 9.21. The number of rotatable bonds is 17. The Morgan fingerprint density at radius 1 is 0.808 bits per heavy atom. The third kappa shape index (κ3) is 12.7. The SMILES string of the molecule is CCCCCCCCCCCCCCCCC(C)(C(=O)O)S(=O)(=O)O.[H-].[Na+]. The van der Waals surface area contributed by atoms with E-state index in [1.165, 1.54) is 64.2 Å². The Labute approximate surface area is 184 Å². The van der Waals surface area contributed by atoms with Crippen LogP contribution in [0.3, 0.4) is 0 Å². The van der Waals surface area contributed by atoms with E-state index >= 15 is 0 Å². The van der Waals surface area contributed by atoms with Crippen LogP contribution in [0.15, 0.2) is 0 Å². The normalized spacial score (nSPS) is 13.8. The third-order valence-corrected chi connectivity index (χ3v) is 6.55.